The first-order valence-electron chi connectivity index (χ1n) is 6.19. The fourth-order valence-electron chi connectivity index (χ4n) is 1.53. The maximum Gasteiger partial charge on any atom is 0.172 e. The van der Waals surface area contributed by atoms with E-state index in [-0.39, 0.29) is 0 Å². The molecule has 0 radical (unpaired) electrons. The highest BCUT2D eigenvalue weighted by molar-refractivity contribution is 9.08. The molecule has 0 aliphatic heterocycles. The Bertz CT molecular complexity index is 501. The van der Waals surface area contributed by atoms with Crippen molar-refractivity contribution < 1.29 is 33.5 Å². The van der Waals surface area contributed by atoms with E-state index in [0.29, 0.717) is 0 Å². The van der Waals surface area contributed by atoms with Crippen molar-refractivity contribution in [2.24, 2.45) is 0 Å². The molecule has 0 heterocycles. The molecule has 124 valence electrons. The van der Waals surface area contributed by atoms with Crippen molar-refractivity contribution in [2.75, 3.05) is 28.2 Å². The van der Waals surface area contributed by atoms with Gasteiger partial charge >= 0.3 is 0 Å². The molecule has 6 nitrogen and oxygen atoms in total. The minimum Gasteiger partial charge on any atom is -0.383 e. The van der Waals surface area contributed by atoms with Gasteiger partial charge in [-0.05, 0) is 11.1 Å². The van der Waals surface area contributed by atoms with Gasteiger partial charge in [0.2, 0.25) is 0 Å². The summed E-state index contributed by atoms with van der Waals surface area (Å²) in [4.78, 5) is 2.06. The van der Waals surface area contributed by atoms with E-state index in [2.05, 4.69) is 62.1 Å². The average molecular weight is 396 g/mol. The Kier molecular flexibility index (Phi) is 9.50. The largest absolute Gasteiger partial charge is 0.383 e. The molecular formula is C14H20BrClN2O4. The maximum absolute atomic E-state index is 8.49. The third kappa shape index (κ3) is 11.7. The summed E-state index contributed by atoms with van der Waals surface area (Å²) in [5.41, 5.74) is 3.74. The molecule has 0 N–H and O–H groups in total. The van der Waals surface area contributed by atoms with Gasteiger partial charge in [0.25, 0.3) is 0 Å². The molecule has 0 amide bonds. The molecular weight excluding hydrogens is 376 g/mol. The highest BCUT2D eigenvalue weighted by atomic mass is 79.9. The average Bonchev–Trinajstić information content (AvgIpc) is 2.35. The van der Waals surface area contributed by atoms with E-state index in [9.17, 15) is 0 Å². The normalized spacial score (nSPS) is 11.4. The summed E-state index contributed by atoms with van der Waals surface area (Å²) < 4.78 is 36.0. The van der Waals surface area contributed by atoms with Gasteiger partial charge in [-0.1, -0.05) is 40.2 Å². The lowest BCUT2D eigenvalue weighted by molar-refractivity contribution is -2.00. The van der Waals surface area contributed by atoms with Crippen molar-refractivity contribution in [3.05, 3.63) is 41.6 Å². The number of alkyl halides is 1. The standard InChI is InChI=1S/C14H20BrN2.ClHO4/c1-16(2)10-14(11-17(3)4)13-7-5-12(9-15)6-8-13;2-1(3,4)5/h5-8,10-11H,9H2,1-4H3;(H,2,3,4,5)/q+1;/p-1. The first-order chi connectivity index (χ1) is 10.0. The Morgan fingerprint density at radius 1 is 1.14 bits per heavy atom. The van der Waals surface area contributed by atoms with Gasteiger partial charge in [0.1, 0.15) is 14.1 Å². The van der Waals surface area contributed by atoms with E-state index in [0.717, 1.165) is 5.33 Å². The maximum atomic E-state index is 8.49. The molecule has 8 heteroatoms. The van der Waals surface area contributed by atoms with E-state index in [1.807, 2.05) is 28.2 Å². The van der Waals surface area contributed by atoms with Crippen LogP contribution in [0.3, 0.4) is 0 Å². The van der Waals surface area contributed by atoms with Crippen LogP contribution in [-0.2, 0) is 5.33 Å². The topological polar surface area (TPSA) is 98.5 Å². The molecule has 1 aromatic rings. The number of hydrogen-bond donors (Lipinski definition) is 0. The summed E-state index contributed by atoms with van der Waals surface area (Å²) in [6.45, 7) is 0. The van der Waals surface area contributed by atoms with Crippen molar-refractivity contribution in [3.63, 3.8) is 0 Å². The van der Waals surface area contributed by atoms with Crippen LogP contribution in [0.5, 0.6) is 0 Å². The monoisotopic (exact) mass is 394 g/mol. The van der Waals surface area contributed by atoms with Crippen LogP contribution in [0.1, 0.15) is 11.1 Å². The zero-order valence-electron chi connectivity index (χ0n) is 13.0. The second-order valence-electron chi connectivity index (χ2n) is 4.85. The van der Waals surface area contributed by atoms with Gasteiger partial charge in [-0.2, -0.15) is 0 Å². The SMILES string of the molecule is CN(C)/C=C(/C=[N+](C)C)c1ccc(CBr)cc1.[O-][Cl+3]([O-])([O-])[O-]. The van der Waals surface area contributed by atoms with Crippen LogP contribution < -0.4 is 18.6 Å². The Labute approximate surface area is 141 Å². The summed E-state index contributed by atoms with van der Waals surface area (Å²) in [7, 11) is 3.21. The van der Waals surface area contributed by atoms with Gasteiger partial charge in [-0.25, -0.2) is 23.2 Å². The molecule has 0 saturated carbocycles. The van der Waals surface area contributed by atoms with Crippen molar-refractivity contribution in [1.29, 1.82) is 0 Å². The van der Waals surface area contributed by atoms with Crippen molar-refractivity contribution in [1.82, 2.24) is 4.90 Å². The zero-order chi connectivity index (χ0) is 17.3. The lowest BCUT2D eigenvalue weighted by atomic mass is 10.1. The van der Waals surface area contributed by atoms with E-state index < -0.39 is 10.2 Å². The molecule has 0 aliphatic carbocycles. The first-order valence-corrected chi connectivity index (χ1v) is 8.55. The molecule has 0 saturated heterocycles. The van der Waals surface area contributed by atoms with Crippen LogP contribution in [0.4, 0.5) is 0 Å². The van der Waals surface area contributed by atoms with Crippen LogP contribution in [0.15, 0.2) is 30.5 Å². The molecule has 0 spiro atoms. The Morgan fingerprint density at radius 3 is 1.91 bits per heavy atom. The Balaban J connectivity index is 0.000000763. The lowest BCUT2D eigenvalue weighted by Gasteiger charge is -2.17. The van der Waals surface area contributed by atoms with Crippen LogP contribution in [-0.4, -0.2) is 43.9 Å². The molecule has 0 aliphatic rings. The van der Waals surface area contributed by atoms with Gasteiger partial charge in [-0.15, -0.1) is 10.2 Å². The zero-order valence-corrected chi connectivity index (χ0v) is 15.3. The predicted octanol–water partition coefficient (Wildman–Crippen LogP) is -1.93. The van der Waals surface area contributed by atoms with Gasteiger partial charge in [0.05, 0.1) is 5.57 Å². The van der Waals surface area contributed by atoms with Crippen LogP contribution in [0, 0.1) is 10.2 Å². The summed E-state index contributed by atoms with van der Waals surface area (Å²) in [6.07, 6.45) is 4.26. The van der Waals surface area contributed by atoms with Crippen LogP contribution in [0.2, 0.25) is 0 Å². The van der Waals surface area contributed by atoms with E-state index >= 15 is 0 Å². The number of halogens is 2. The quantitative estimate of drug-likeness (QED) is 0.336. The van der Waals surface area contributed by atoms with Crippen LogP contribution >= 0.6 is 15.9 Å². The fraction of sp³-hybridized carbons (Fsp3) is 0.357. The van der Waals surface area contributed by atoms with E-state index in [1.165, 1.54) is 16.7 Å². The highest BCUT2D eigenvalue weighted by Crippen LogP contribution is 2.15. The molecule has 0 unspecified atom stereocenters. The highest BCUT2D eigenvalue weighted by Gasteiger charge is 2.03. The van der Waals surface area contributed by atoms with Crippen LogP contribution in [0.25, 0.3) is 5.57 Å². The number of benzene rings is 1. The van der Waals surface area contributed by atoms with Crippen molar-refractivity contribution in [3.8, 4) is 0 Å². The third-order valence-corrected chi connectivity index (χ3v) is 2.88. The molecule has 22 heavy (non-hydrogen) atoms. The molecule has 0 aromatic heterocycles. The fourth-order valence-corrected chi connectivity index (χ4v) is 1.90. The Hall–Kier alpha value is -0.960. The molecule has 1 aromatic carbocycles. The second-order valence-corrected chi connectivity index (χ2v) is 6.17. The molecule has 0 atom stereocenters. The minimum atomic E-state index is -4.94. The van der Waals surface area contributed by atoms with Gasteiger partial charge in [0, 0.05) is 25.6 Å². The molecule has 0 bridgehead atoms. The number of hydrogen-bond acceptors (Lipinski definition) is 5. The van der Waals surface area contributed by atoms with Crippen molar-refractivity contribution >= 4 is 27.7 Å². The third-order valence-electron chi connectivity index (χ3n) is 2.24. The van der Waals surface area contributed by atoms with Gasteiger partial charge in [0.15, 0.2) is 6.21 Å². The summed E-state index contributed by atoms with van der Waals surface area (Å²) in [5.74, 6) is 0. The number of nitrogens with zero attached hydrogens (tertiary/aromatic N) is 2. The van der Waals surface area contributed by atoms with Gasteiger partial charge in [-0.3, -0.25) is 0 Å². The van der Waals surface area contributed by atoms with Gasteiger partial charge < -0.3 is 4.90 Å². The Morgan fingerprint density at radius 2 is 1.59 bits per heavy atom. The lowest BCUT2D eigenvalue weighted by Crippen LogP contribution is -2.68. The van der Waals surface area contributed by atoms with E-state index in [4.69, 9.17) is 18.6 Å². The van der Waals surface area contributed by atoms with Crippen molar-refractivity contribution in [2.45, 2.75) is 5.33 Å². The number of allylic oxidation sites excluding steroid dienone is 1. The second kappa shape index (κ2) is 9.94. The molecule has 0 fully saturated rings. The summed E-state index contributed by atoms with van der Waals surface area (Å²) in [5, 5.41) is 0.900. The first kappa shape index (κ1) is 21.0. The summed E-state index contributed by atoms with van der Waals surface area (Å²) >= 11 is 3.46. The summed E-state index contributed by atoms with van der Waals surface area (Å²) in [6, 6.07) is 8.62. The minimum absolute atomic E-state index is 0.900. The number of rotatable bonds is 4. The smallest absolute Gasteiger partial charge is 0.172 e. The molecule has 1 rings (SSSR count). The predicted molar refractivity (Wildman–Crippen MR) is 78.9 cm³/mol. The van der Waals surface area contributed by atoms with E-state index in [1.54, 1.807) is 0 Å².